The molecule has 19 heavy (non-hydrogen) atoms. The number of hydrogen-bond acceptors (Lipinski definition) is 1. The molecule has 1 atom stereocenters. The van der Waals surface area contributed by atoms with Gasteiger partial charge in [-0.15, -0.1) is 0 Å². The van der Waals surface area contributed by atoms with Crippen LogP contribution in [0.1, 0.15) is 42.9 Å². The lowest BCUT2D eigenvalue weighted by atomic mass is 9.89. The van der Waals surface area contributed by atoms with Crippen molar-refractivity contribution >= 4 is 0 Å². The number of rotatable bonds is 5. The van der Waals surface area contributed by atoms with E-state index in [1.54, 1.807) is 6.92 Å². The Kier molecular flexibility index (Phi) is 5.02. The lowest BCUT2D eigenvalue weighted by Crippen LogP contribution is -2.28. The molecule has 1 aromatic carbocycles. The summed E-state index contributed by atoms with van der Waals surface area (Å²) in [5, 5.41) is 10.2. The van der Waals surface area contributed by atoms with Gasteiger partial charge in [0.15, 0.2) is 0 Å². The second-order valence-corrected chi connectivity index (χ2v) is 5.57. The molecule has 0 spiro atoms. The molecule has 0 aliphatic rings. The van der Waals surface area contributed by atoms with E-state index < -0.39 is 18.2 Å². The molecule has 1 nitrogen and oxygen atoms in total. The highest BCUT2D eigenvalue weighted by atomic mass is 19.4. The van der Waals surface area contributed by atoms with E-state index in [2.05, 4.69) is 0 Å². The van der Waals surface area contributed by atoms with E-state index in [0.29, 0.717) is 6.42 Å². The van der Waals surface area contributed by atoms with Crippen molar-refractivity contribution in [2.45, 2.75) is 58.2 Å². The maximum Gasteiger partial charge on any atom is 0.389 e. The number of benzene rings is 1. The summed E-state index contributed by atoms with van der Waals surface area (Å²) in [5.41, 5.74) is 2.05. The van der Waals surface area contributed by atoms with Crippen LogP contribution in [0.2, 0.25) is 0 Å². The highest BCUT2D eigenvalue weighted by Crippen LogP contribution is 2.27. The van der Waals surface area contributed by atoms with Gasteiger partial charge in [0.2, 0.25) is 0 Å². The molecule has 108 valence electrons. The van der Waals surface area contributed by atoms with Crippen LogP contribution in [0.3, 0.4) is 0 Å². The molecule has 0 heterocycles. The molecule has 0 bridgehead atoms. The van der Waals surface area contributed by atoms with Crippen molar-refractivity contribution in [2.24, 2.45) is 0 Å². The first-order chi connectivity index (χ1) is 8.59. The van der Waals surface area contributed by atoms with E-state index in [1.165, 1.54) is 0 Å². The van der Waals surface area contributed by atoms with Crippen molar-refractivity contribution in [3.05, 3.63) is 34.9 Å². The summed E-state index contributed by atoms with van der Waals surface area (Å²) in [5.74, 6) is 0. The van der Waals surface area contributed by atoms with Crippen LogP contribution >= 0.6 is 0 Å². The molecular formula is C15H21F3O. The zero-order valence-corrected chi connectivity index (χ0v) is 11.6. The molecule has 0 radical (unpaired) electrons. The van der Waals surface area contributed by atoms with Gasteiger partial charge in [0, 0.05) is 12.8 Å². The van der Waals surface area contributed by atoms with Crippen molar-refractivity contribution in [2.75, 3.05) is 0 Å². The molecule has 0 aliphatic carbocycles. The Hall–Kier alpha value is -1.03. The van der Waals surface area contributed by atoms with Gasteiger partial charge in [-0.1, -0.05) is 23.8 Å². The highest BCUT2D eigenvalue weighted by molar-refractivity contribution is 5.31. The standard InChI is InChI=1S/C15H21F3O/c1-11-5-6-12(2)13(9-11)10-14(3,19)7-4-8-15(16,17)18/h5-6,9,19H,4,7-8,10H2,1-3H3. The fraction of sp³-hybridized carbons (Fsp3) is 0.600. The third kappa shape index (κ3) is 6.10. The van der Waals surface area contributed by atoms with Crippen LogP contribution in [0.15, 0.2) is 18.2 Å². The Morgan fingerprint density at radius 1 is 1.11 bits per heavy atom. The van der Waals surface area contributed by atoms with Gasteiger partial charge in [-0.2, -0.15) is 13.2 Å². The molecule has 0 aliphatic heterocycles. The minimum atomic E-state index is -4.14. The quantitative estimate of drug-likeness (QED) is 0.847. The van der Waals surface area contributed by atoms with Crippen molar-refractivity contribution in [1.82, 2.24) is 0 Å². The predicted octanol–water partition coefficient (Wildman–Crippen LogP) is 4.33. The van der Waals surface area contributed by atoms with E-state index in [4.69, 9.17) is 0 Å². The molecule has 0 fully saturated rings. The fourth-order valence-corrected chi connectivity index (χ4v) is 2.16. The lowest BCUT2D eigenvalue weighted by Gasteiger charge is -2.24. The summed E-state index contributed by atoms with van der Waals surface area (Å²) < 4.78 is 36.3. The van der Waals surface area contributed by atoms with Gasteiger partial charge in [-0.25, -0.2) is 0 Å². The summed E-state index contributed by atoms with van der Waals surface area (Å²) in [6.07, 6.45) is -4.48. The number of alkyl halides is 3. The molecule has 1 N–H and O–H groups in total. The summed E-state index contributed by atoms with van der Waals surface area (Å²) in [6, 6.07) is 5.93. The molecule has 1 aromatic rings. The second-order valence-electron chi connectivity index (χ2n) is 5.57. The Morgan fingerprint density at radius 2 is 1.74 bits per heavy atom. The molecule has 0 amide bonds. The maximum absolute atomic E-state index is 12.1. The summed E-state index contributed by atoms with van der Waals surface area (Å²) in [6.45, 7) is 5.51. The van der Waals surface area contributed by atoms with Crippen LogP contribution in [0.25, 0.3) is 0 Å². The third-order valence-corrected chi connectivity index (χ3v) is 3.25. The molecule has 0 aromatic heterocycles. The Labute approximate surface area is 112 Å². The smallest absolute Gasteiger partial charge is 0.389 e. The van der Waals surface area contributed by atoms with Gasteiger partial charge in [-0.05, 0) is 44.7 Å². The Bertz CT molecular complexity index is 422. The zero-order valence-electron chi connectivity index (χ0n) is 11.6. The number of hydrogen-bond donors (Lipinski definition) is 1. The van der Waals surface area contributed by atoms with Crippen molar-refractivity contribution < 1.29 is 18.3 Å². The van der Waals surface area contributed by atoms with Crippen LogP contribution in [0, 0.1) is 13.8 Å². The zero-order chi connectivity index (χ0) is 14.7. The van der Waals surface area contributed by atoms with Crippen molar-refractivity contribution in [1.29, 1.82) is 0 Å². The monoisotopic (exact) mass is 274 g/mol. The largest absolute Gasteiger partial charge is 0.390 e. The number of aryl methyl sites for hydroxylation is 2. The Morgan fingerprint density at radius 3 is 2.32 bits per heavy atom. The van der Waals surface area contributed by atoms with Gasteiger partial charge in [0.05, 0.1) is 5.60 Å². The minimum Gasteiger partial charge on any atom is -0.390 e. The van der Waals surface area contributed by atoms with Crippen LogP contribution < -0.4 is 0 Å². The average Bonchev–Trinajstić information content (AvgIpc) is 2.20. The molecule has 1 rings (SSSR count). The maximum atomic E-state index is 12.1. The van der Waals surface area contributed by atoms with Gasteiger partial charge in [0.25, 0.3) is 0 Å². The Balaban J connectivity index is 2.61. The molecule has 1 unspecified atom stereocenters. The first-order valence-corrected chi connectivity index (χ1v) is 6.44. The number of halogens is 3. The summed E-state index contributed by atoms with van der Waals surface area (Å²) in [4.78, 5) is 0. The normalized spacial score (nSPS) is 15.3. The first-order valence-electron chi connectivity index (χ1n) is 6.44. The molecule has 0 saturated heterocycles. The van der Waals surface area contributed by atoms with Gasteiger partial charge < -0.3 is 5.11 Å². The van der Waals surface area contributed by atoms with E-state index in [0.717, 1.165) is 16.7 Å². The summed E-state index contributed by atoms with van der Waals surface area (Å²) in [7, 11) is 0. The van der Waals surface area contributed by atoms with Gasteiger partial charge in [-0.3, -0.25) is 0 Å². The van der Waals surface area contributed by atoms with E-state index in [9.17, 15) is 18.3 Å². The first kappa shape index (κ1) is 16.0. The lowest BCUT2D eigenvalue weighted by molar-refractivity contribution is -0.137. The molecule has 4 heteroatoms. The van der Waals surface area contributed by atoms with Gasteiger partial charge in [0.1, 0.15) is 0 Å². The van der Waals surface area contributed by atoms with E-state index >= 15 is 0 Å². The van der Waals surface area contributed by atoms with Crippen molar-refractivity contribution in [3.8, 4) is 0 Å². The SMILES string of the molecule is Cc1ccc(C)c(CC(C)(O)CCCC(F)(F)F)c1. The average molecular weight is 274 g/mol. The van der Waals surface area contributed by atoms with Crippen molar-refractivity contribution in [3.63, 3.8) is 0 Å². The van der Waals surface area contributed by atoms with Crippen LogP contribution in [-0.2, 0) is 6.42 Å². The van der Waals surface area contributed by atoms with Crippen LogP contribution in [0.4, 0.5) is 13.2 Å². The van der Waals surface area contributed by atoms with Gasteiger partial charge >= 0.3 is 6.18 Å². The van der Waals surface area contributed by atoms with E-state index in [1.807, 2.05) is 32.0 Å². The molecule has 0 saturated carbocycles. The predicted molar refractivity (Wildman–Crippen MR) is 70.1 cm³/mol. The summed E-state index contributed by atoms with van der Waals surface area (Å²) >= 11 is 0. The third-order valence-electron chi connectivity index (χ3n) is 3.25. The van der Waals surface area contributed by atoms with Crippen LogP contribution in [0.5, 0.6) is 0 Å². The number of aliphatic hydroxyl groups is 1. The topological polar surface area (TPSA) is 20.2 Å². The van der Waals surface area contributed by atoms with E-state index in [-0.39, 0.29) is 12.8 Å². The second kappa shape index (κ2) is 5.95. The van der Waals surface area contributed by atoms with Crippen LogP contribution in [-0.4, -0.2) is 16.9 Å². The fourth-order valence-electron chi connectivity index (χ4n) is 2.16. The minimum absolute atomic E-state index is 0.0403. The highest BCUT2D eigenvalue weighted by Gasteiger charge is 2.29. The molecular weight excluding hydrogens is 253 g/mol.